The number of likely N-dealkylation sites (N-methyl/N-ethyl adjacent to an activating group) is 1. The van der Waals surface area contributed by atoms with Crippen molar-refractivity contribution in [3.05, 3.63) is 60.2 Å². The van der Waals surface area contributed by atoms with Gasteiger partial charge in [0.1, 0.15) is 18.8 Å². The van der Waals surface area contributed by atoms with Crippen LogP contribution in [0.25, 0.3) is 0 Å². The van der Waals surface area contributed by atoms with E-state index in [0.29, 0.717) is 24.7 Å². The Bertz CT molecular complexity index is 781. The second kappa shape index (κ2) is 7.88. The highest BCUT2D eigenvalue weighted by molar-refractivity contribution is 5.96. The number of carbonyl (C=O) groups excluding carboxylic acids is 2. The zero-order valence-electron chi connectivity index (χ0n) is 14.4. The molecule has 2 aromatic carbocycles. The van der Waals surface area contributed by atoms with Crippen LogP contribution >= 0.6 is 0 Å². The molecule has 0 aliphatic carbocycles. The second-order valence-electron chi connectivity index (χ2n) is 6.10. The van der Waals surface area contributed by atoms with Crippen molar-refractivity contribution < 1.29 is 19.1 Å². The molecule has 0 saturated heterocycles. The molecule has 3 amide bonds. The van der Waals surface area contributed by atoms with Crippen molar-refractivity contribution in [3.8, 4) is 11.5 Å². The zero-order chi connectivity index (χ0) is 18.5. The quantitative estimate of drug-likeness (QED) is 0.851. The van der Waals surface area contributed by atoms with Gasteiger partial charge in [0.2, 0.25) is 5.91 Å². The molecule has 136 valence electrons. The van der Waals surface area contributed by atoms with Gasteiger partial charge in [-0.15, -0.1) is 0 Å². The van der Waals surface area contributed by atoms with Gasteiger partial charge in [-0.1, -0.05) is 42.5 Å². The maximum absolute atomic E-state index is 12.5. The lowest BCUT2D eigenvalue weighted by molar-refractivity contribution is -0.125. The standard InChI is InChI=1S/C19H21N3O4/c1-22(11-14-12-25-15-9-5-6-10-16(15)26-14)17(18(23)21-19(20)24)13-7-3-2-4-8-13/h2-10,14,17H,11-12H2,1H3,(H3,20,21,23,24)/t14-,17-/m0/s1. The van der Waals surface area contributed by atoms with Crippen molar-refractivity contribution in [2.24, 2.45) is 5.73 Å². The molecule has 1 aliphatic rings. The monoisotopic (exact) mass is 355 g/mol. The third kappa shape index (κ3) is 4.12. The van der Waals surface area contributed by atoms with Crippen LogP contribution in [-0.2, 0) is 4.79 Å². The van der Waals surface area contributed by atoms with Gasteiger partial charge in [0, 0.05) is 6.54 Å². The number of fused-ring (bicyclic) bond motifs is 1. The number of nitrogens with zero attached hydrogens (tertiary/aromatic N) is 1. The first-order valence-electron chi connectivity index (χ1n) is 8.28. The Kier molecular flexibility index (Phi) is 5.38. The molecule has 26 heavy (non-hydrogen) atoms. The first-order chi connectivity index (χ1) is 12.5. The number of imide groups is 1. The van der Waals surface area contributed by atoms with Crippen LogP contribution in [-0.4, -0.2) is 43.1 Å². The average molecular weight is 355 g/mol. The molecule has 2 atom stereocenters. The number of amides is 3. The summed E-state index contributed by atoms with van der Waals surface area (Å²) in [4.78, 5) is 25.4. The molecule has 1 aliphatic heterocycles. The molecule has 0 radical (unpaired) electrons. The molecule has 3 rings (SSSR count). The first-order valence-corrected chi connectivity index (χ1v) is 8.28. The molecule has 3 N–H and O–H groups in total. The number of benzene rings is 2. The molecular weight excluding hydrogens is 334 g/mol. The van der Waals surface area contributed by atoms with Crippen LogP contribution in [0.5, 0.6) is 11.5 Å². The van der Waals surface area contributed by atoms with Crippen LogP contribution < -0.4 is 20.5 Å². The van der Waals surface area contributed by atoms with Crippen molar-refractivity contribution in [1.29, 1.82) is 0 Å². The van der Waals surface area contributed by atoms with Gasteiger partial charge in [0.15, 0.2) is 11.5 Å². The van der Waals surface area contributed by atoms with Crippen LogP contribution in [0.4, 0.5) is 4.79 Å². The summed E-state index contributed by atoms with van der Waals surface area (Å²) < 4.78 is 11.7. The van der Waals surface area contributed by atoms with Gasteiger partial charge in [-0.25, -0.2) is 4.79 Å². The molecule has 0 fully saturated rings. The fourth-order valence-electron chi connectivity index (χ4n) is 3.01. The number of para-hydroxylation sites is 2. The number of hydrogen-bond acceptors (Lipinski definition) is 5. The van der Waals surface area contributed by atoms with E-state index in [4.69, 9.17) is 15.2 Å². The van der Waals surface area contributed by atoms with E-state index in [1.54, 1.807) is 7.05 Å². The third-order valence-corrected chi connectivity index (χ3v) is 4.11. The number of carbonyl (C=O) groups is 2. The summed E-state index contributed by atoms with van der Waals surface area (Å²) in [5.74, 6) is 0.899. The molecule has 1 heterocycles. The van der Waals surface area contributed by atoms with E-state index < -0.39 is 18.0 Å². The minimum atomic E-state index is -0.879. The molecule has 2 aromatic rings. The summed E-state index contributed by atoms with van der Waals surface area (Å²) in [5, 5.41) is 2.16. The number of ether oxygens (including phenoxy) is 2. The Hall–Kier alpha value is -3.06. The topological polar surface area (TPSA) is 93.9 Å². The van der Waals surface area contributed by atoms with Crippen molar-refractivity contribution >= 4 is 11.9 Å². The largest absolute Gasteiger partial charge is 0.486 e. The summed E-state index contributed by atoms with van der Waals surface area (Å²) >= 11 is 0. The Morgan fingerprint density at radius 3 is 2.50 bits per heavy atom. The number of urea groups is 1. The maximum atomic E-state index is 12.5. The van der Waals surface area contributed by atoms with Crippen molar-refractivity contribution in [2.45, 2.75) is 12.1 Å². The van der Waals surface area contributed by atoms with E-state index in [1.807, 2.05) is 59.5 Å². The van der Waals surface area contributed by atoms with Gasteiger partial charge in [-0.05, 0) is 24.7 Å². The number of hydrogen-bond donors (Lipinski definition) is 2. The number of primary amides is 1. The maximum Gasteiger partial charge on any atom is 0.318 e. The van der Waals surface area contributed by atoms with Gasteiger partial charge in [-0.2, -0.15) is 0 Å². The SMILES string of the molecule is CN(C[C@H]1COc2ccccc2O1)[C@H](C(=O)NC(N)=O)c1ccccc1. The first kappa shape index (κ1) is 17.8. The number of nitrogens with two attached hydrogens (primary N) is 1. The Labute approximate surface area is 151 Å². The average Bonchev–Trinajstić information content (AvgIpc) is 2.62. The fraction of sp³-hybridized carbons (Fsp3) is 0.263. The molecule has 7 heteroatoms. The third-order valence-electron chi connectivity index (χ3n) is 4.11. The number of rotatable bonds is 5. The highest BCUT2D eigenvalue weighted by Crippen LogP contribution is 2.31. The van der Waals surface area contributed by atoms with E-state index in [9.17, 15) is 9.59 Å². The molecule has 0 spiro atoms. The second-order valence-corrected chi connectivity index (χ2v) is 6.10. The Morgan fingerprint density at radius 1 is 1.15 bits per heavy atom. The highest BCUT2D eigenvalue weighted by Gasteiger charge is 2.30. The van der Waals surface area contributed by atoms with E-state index in [0.717, 1.165) is 5.56 Å². The molecule has 0 aromatic heterocycles. The summed E-state index contributed by atoms with van der Waals surface area (Å²) in [6.45, 7) is 0.806. The lowest BCUT2D eigenvalue weighted by atomic mass is 10.0. The van der Waals surface area contributed by atoms with Crippen LogP contribution in [0.1, 0.15) is 11.6 Å². The minimum Gasteiger partial charge on any atom is -0.486 e. The Morgan fingerprint density at radius 2 is 1.81 bits per heavy atom. The van der Waals surface area contributed by atoms with Crippen molar-refractivity contribution in [1.82, 2.24) is 10.2 Å². The van der Waals surface area contributed by atoms with E-state index in [-0.39, 0.29) is 6.10 Å². The Balaban J connectivity index is 1.74. The summed E-state index contributed by atoms with van der Waals surface area (Å²) in [6.07, 6.45) is -0.248. The normalized spacial score (nSPS) is 16.8. The van der Waals surface area contributed by atoms with Crippen LogP contribution in [0.15, 0.2) is 54.6 Å². The van der Waals surface area contributed by atoms with Gasteiger partial charge in [0.05, 0.1) is 0 Å². The van der Waals surface area contributed by atoms with Crippen LogP contribution in [0.3, 0.4) is 0 Å². The van der Waals surface area contributed by atoms with Gasteiger partial charge in [0.25, 0.3) is 0 Å². The molecule has 0 unspecified atom stereocenters. The van der Waals surface area contributed by atoms with Crippen molar-refractivity contribution in [2.75, 3.05) is 20.2 Å². The predicted molar refractivity (Wildman–Crippen MR) is 95.9 cm³/mol. The predicted octanol–water partition coefficient (Wildman–Crippen LogP) is 1.69. The summed E-state index contributed by atoms with van der Waals surface area (Å²) in [6, 6.07) is 15.1. The highest BCUT2D eigenvalue weighted by atomic mass is 16.6. The van der Waals surface area contributed by atoms with Crippen molar-refractivity contribution in [3.63, 3.8) is 0 Å². The molecule has 7 nitrogen and oxygen atoms in total. The van der Waals surface area contributed by atoms with Gasteiger partial charge < -0.3 is 15.2 Å². The lowest BCUT2D eigenvalue weighted by Crippen LogP contribution is -2.47. The molecule has 0 bridgehead atoms. The summed E-state index contributed by atoms with van der Waals surface area (Å²) in [7, 11) is 1.79. The molecular formula is C19H21N3O4. The van der Waals surface area contributed by atoms with Crippen LogP contribution in [0, 0.1) is 0 Å². The van der Waals surface area contributed by atoms with Gasteiger partial charge in [-0.3, -0.25) is 15.0 Å². The smallest absolute Gasteiger partial charge is 0.318 e. The van der Waals surface area contributed by atoms with E-state index in [1.165, 1.54) is 0 Å². The zero-order valence-corrected chi connectivity index (χ0v) is 14.4. The summed E-state index contributed by atoms with van der Waals surface area (Å²) in [5.41, 5.74) is 5.87. The lowest BCUT2D eigenvalue weighted by Gasteiger charge is -2.33. The minimum absolute atomic E-state index is 0.248. The molecule has 0 saturated carbocycles. The fourth-order valence-corrected chi connectivity index (χ4v) is 3.01. The van der Waals surface area contributed by atoms with Crippen LogP contribution in [0.2, 0.25) is 0 Å². The van der Waals surface area contributed by atoms with E-state index >= 15 is 0 Å². The van der Waals surface area contributed by atoms with Gasteiger partial charge >= 0.3 is 6.03 Å². The number of nitrogens with one attached hydrogen (secondary N) is 1. The van der Waals surface area contributed by atoms with E-state index in [2.05, 4.69) is 5.32 Å².